The molecule has 3 radical (unpaired) electrons. The van der Waals surface area contributed by atoms with Gasteiger partial charge in [0.25, 0.3) is 0 Å². The Bertz CT molecular complexity index is 201. The molecule has 0 aromatic rings. The zero-order chi connectivity index (χ0) is 12.8. The van der Waals surface area contributed by atoms with E-state index >= 15 is 0 Å². The van der Waals surface area contributed by atoms with Gasteiger partial charge in [-0.05, 0) is 0 Å². The summed E-state index contributed by atoms with van der Waals surface area (Å²) in [5.74, 6) is -0.193. The van der Waals surface area contributed by atoms with Gasteiger partial charge in [0.05, 0.1) is 6.61 Å². The van der Waals surface area contributed by atoms with E-state index in [2.05, 4.69) is 17.6 Å². The van der Waals surface area contributed by atoms with E-state index in [9.17, 15) is 9.59 Å². The number of nitrogens with one attached hydrogen (secondary N) is 2. The molecule has 0 spiro atoms. The summed E-state index contributed by atoms with van der Waals surface area (Å²) >= 11 is 0. The second kappa shape index (κ2) is 22.6. The normalized spacial score (nSPS) is 7.78. The molecule has 0 rings (SSSR count). The fraction of sp³-hybridized carbons (Fsp3) is 0.727. The van der Waals surface area contributed by atoms with Crippen LogP contribution in [0.1, 0.15) is 28.1 Å². The van der Waals surface area contributed by atoms with Crippen molar-refractivity contribution in [2.24, 2.45) is 0 Å². The number of hydrogen-bond acceptors (Lipinski definition) is 3. The van der Waals surface area contributed by atoms with Crippen molar-refractivity contribution >= 4 is 37.7 Å². The average Bonchev–Trinajstić information content (AvgIpc) is 2.32. The third-order valence-corrected chi connectivity index (χ3v) is 1.57. The molecule has 0 saturated carbocycles. The molecular formula is C11H25InN2O3W-. The summed E-state index contributed by atoms with van der Waals surface area (Å²) in [5, 5.41) is 5.07. The van der Waals surface area contributed by atoms with Gasteiger partial charge in [0.1, 0.15) is 0 Å². The maximum Gasteiger partial charge on any atom is 0.222 e. The third-order valence-electron chi connectivity index (χ3n) is 1.57. The van der Waals surface area contributed by atoms with Gasteiger partial charge < -0.3 is 22.3 Å². The molecule has 0 heterocycles. The molecular weight excluding hydrogens is 507 g/mol. The van der Waals surface area contributed by atoms with E-state index in [1.807, 2.05) is 13.8 Å². The Hall–Kier alpha value is 0.458. The van der Waals surface area contributed by atoms with Gasteiger partial charge in [-0.25, -0.2) is 0 Å². The van der Waals surface area contributed by atoms with Crippen molar-refractivity contribution in [3.63, 3.8) is 0 Å². The molecule has 0 aromatic carbocycles. The first-order valence-electron chi connectivity index (χ1n) is 5.55. The van der Waals surface area contributed by atoms with Crippen molar-refractivity contribution < 1.29 is 36.8 Å². The van der Waals surface area contributed by atoms with E-state index in [0.717, 1.165) is 0 Å². The van der Waals surface area contributed by atoms with Crippen LogP contribution in [0.4, 0.5) is 0 Å². The SMILES string of the molecule is CC.[CH2-]COCCC(=O)NCCC(=O)NC.[HH].[In].[W]. The summed E-state index contributed by atoms with van der Waals surface area (Å²) in [4.78, 5) is 21.8. The van der Waals surface area contributed by atoms with Crippen LogP contribution in [0, 0.1) is 6.92 Å². The van der Waals surface area contributed by atoms with Gasteiger partial charge in [-0.3, -0.25) is 9.59 Å². The number of rotatable bonds is 7. The van der Waals surface area contributed by atoms with Crippen molar-refractivity contribution in [2.75, 3.05) is 26.8 Å². The molecule has 0 aliphatic carbocycles. The maximum absolute atomic E-state index is 11.0. The number of hydrogen-bond donors (Lipinski definition) is 2. The van der Waals surface area contributed by atoms with Crippen LogP contribution < -0.4 is 10.6 Å². The monoisotopic (exact) mass is 532 g/mol. The fourth-order valence-electron chi connectivity index (χ4n) is 0.796. The van der Waals surface area contributed by atoms with Crippen LogP contribution in [0.5, 0.6) is 0 Å². The molecule has 0 aromatic heterocycles. The average molecular weight is 532 g/mol. The van der Waals surface area contributed by atoms with E-state index in [-0.39, 0.29) is 60.1 Å². The van der Waals surface area contributed by atoms with Crippen molar-refractivity contribution in [2.45, 2.75) is 26.7 Å². The summed E-state index contributed by atoms with van der Waals surface area (Å²) in [7, 11) is 1.56. The second-order valence-corrected chi connectivity index (χ2v) is 2.64. The van der Waals surface area contributed by atoms with E-state index in [1.54, 1.807) is 7.05 Å². The fourth-order valence-corrected chi connectivity index (χ4v) is 0.796. The molecule has 0 saturated heterocycles. The predicted octanol–water partition coefficient (Wildman–Crippen LogP) is 0.368. The molecule has 0 unspecified atom stereocenters. The smallest absolute Gasteiger partial charge is 0.222 e. The standard InChI is InChI=1S/C9H17N2O3.C2H6.In.W.H2/c1-3-14-7-5-9(13)11-6-4-8(12)10-2;1-2;;;/h1,3-7H2,2H3,(H,10,12)(H,11,13);1-2H3;;;1H/q-1;;;;. The van der Waals surface area contributed by atoms with Gasteiger partial charge in [0, 0.05) is 74.8 Å². The Morgan fingerprint density at radius 2 is 1.78 bits per heavy atom. The molecule has 0 aliphatic rings. The first-order valence-corrected chi connectivity index (χ1v) is 5.55. The first-order chi connectivity index (χ1) is 7.70. The zero-order valence-corrected chi connectivity index (χ0v) is 17.7. The molecule has 0 aliphatic heterocycles. The molecule has 5 nitrogen and oxygen atoms in total. The van der Waals surface area contributed by atoms with E-state index in [4.69, 9.17) is 4.74 Å². The summed E-state index contributed by atoms with van der Waals surface area (Å²) in [6.07, 6.45) is 0.613. The Morgan fingerprint density at radius 1 is 1.22 bits per heavy atom. The van der Waals surface area contributed by atoms with Crippen LogP contribution in [0.25, 0.3) is 0 Å². The summed E-state index contributed by atoms with van der Waals surface area (Å²) in [5.41, 5.74) is 0. The quantitative estimate of drug-likeness (QED) is 0.368. The van der Waals surface area contributed by atoms with Crippen LogP contribution in [-0.4, -0.2) is 64.5 Å². The molecule has 7 heteroatoms. The Labute approximate surface area is 145 Å². The molecule has 0 fully saturated rings. The second-order valence-electron chi connectivity index (χ2n) is 2.64. The maximum atomic E-state index is 11.0. The van der Waals surface area contributed by atoms with Crippen LogP contribution in [0.2, 0.25) is 0 Å². The van der Waals surface area contributed by atoms with Crippen LogP contribution in [0.15, 0.2) is 0 Å². The van der Waals surface area contributed by atoms with E-state index in [1.165, 1.54) is 0 Å². The number of ether oxygens (including phenoxy) is 1. The largest absolute Gasteiger partial charge is 0.413 e. The van der Waals surface area contributed by atoms with Gasteiger partial charge in [0.2, 0.25) is 11.8 Å². The van der Waals surface area contributed by atoms with Crippen molar-refractivity contribution in [1.29, 1.82) is 0 Å². The van der Waals surface area contributed by atoms with Gasteiger partial charge in [-0.2, -0.15) is 0 Å². The molecule has 2 N–H and O–H groups in total. The Morgan fingerprint density at radius 3 is 2.22 bits per heavy atom. The minimum atomic E-state index is -0.109. The Kier molecular flexibility index (Phi) is 33.8. The predicted molar refractivity (Wildman–Crippen MR) is 71.7 cm³/mol. The number of amides is 2. The van der Waals surface area contributed by atoms with Gasteiger partial charge in [-0.15, -0.1) is 0 Å². The van der Waals surface area contributed by atoms with E-state index in [0.29, 0.717) is 32.6 Å². The Balaban J connectivity index is -0.000000124. The number of carbonyl (C=O) groups excluding carboxylic acids is 2. The first kappa shape index (κ1) is 26.9. The minimum Gasteiger partial charge on any atom is -0.413 e. The van der Waals surface area contributed by atoms with Gasteiger partial charge in [0.15, 0.2) is 0 Å². The topological polar surface area (TPSA) is 67.4 Å². The third kappa shape index (κ3) is 21.7. The zero-order valence-electron chi connectivity index (χ0n) is 11.5. The summed E-state index contributed by atoms with van der Waals surface area (Å²) in [6.45, 7) is 8.57. The van der Waals surface area contributed by atoms with Crippen LogP contribution in [0.3, 0.4) is 0 Å². The van der Waals surface area contributed by atoms with Crippen LogP contribution in [-0.2, 0) is 35.4 Å². The summed E-state index contributed by atoms with van der Waals surface area (Å²) < 4.78 is 4.90. The van der Waals surface area contributed by atoms with Gasteiger partial charge in [-0.1, -0.05) is 20.5 Å². The molecule has 0 atom stereocenters. The molecule has 18 heavy (non-hydrogen) atoms. The molecule has 107 valence electrons. The van der Waals surface area contributed by atoms with Crippen molar-refractivity contribution in [3.8, 4) is 0 Å². The van der Waals surface area contributed by atoms with Gasteiger partial charge >= 0.3 is 0 Å². The van der Waals surface area contributed by atoms with E-state index < -0.39 is 0 Å². The molecule has 2 amide bonds. The van der Waals surface area contributed by atoms with Crippen molar-refractivity contribution in [3.05, 3.63) is 6.92 Å². The number of carbonyl (C=O) groups is 2. The summed E-state index contributed by atoms with van der Waals surface area (Å²) in [6, 6.07) is 0. The minimum absolute atomic E-state index is 0. The van der Waals surface area contributed by atoms with Crippen LogP contribution >= 0.6 is 0 Å². The van der Waals surface area contributed by atoms with Crippen molar-refractivity contribution in [1.82, 2.24) is 10.6 Å². The molecule has 0 bridgehead atoms.